The van der Waals surface area contributed by atoms with Crippen LogP contribution in [0.15, 0.2) is 48.6 Å². The SMILES string of the molecule is C=CCC(C)=CC(=O)C=C(C)CC=C. The molecular formula is C13H18O. The number of hydrogen-bond donors (Lipinski definition) is 0. The third kappa shape index (κ3) is 6.18. The molecule has 0 atom stereocenters. The fourth-order valence-corrected chi connectivity index (χ4v) is 1.10. The number of rotatable bonds is 6. The Morgan fingerprint density at radius 1 is 1.00 bits per heavy atom. The molecule has 0 spiro atoms. The van der Waals surface area contributed by atoms with Crippen molar-refractivity contribution in [1.82, 2.24) is 0 Å². The van der Waals surface area contributed by atoms with Gasteiger partial charge in [0.2, 0.25) is 0 Å². The fraction of sp³-hybridized carbons (Fsp3) is 0.308. The molecule has 0 aliphatic carbocycles. The highest BCUT2D eigenvalue weighted by molar-refractivity contribution is 6.00. The van der Waals surface area contributed by atoms with E-state index >= 15 is 0 Å². The van der Waals surface area contributed by atoms with E-state index in [-0.39, 0.29) is 5.78 Å². The first-order valence-corrected chi connectivity index (χ1v) is 4.70. The van der Waals surface area contributed by atoms with E-state index in [2.05, 4.69) is 13.2 Å². The highest BCUT2D eigenvalue weighted by atomic mass is 16.1. The average molecular weight is 190 g/mol. The summed E-state index contributed by atoms with van der Waals surface area (Å²) in [6, 6.07) is 0. The van der Waals surface area contributed by atoms with Crippen molar-refractivity contribution < 1.29 is 4.79 Å². The van der Waals surface area contributed by atoms with E-state index in [9.17, 15) is 4.79 Å². The minimum absolute atomic E-state index is 0.0451. The summed E-state index contributed by atoms with van der Waals surface area (Å²) in [5.74, 6) is 0.0451. The zero-order chi connectivity index (χ0) is 11.0. The molecule has 1 heteroatoms. The molecule has 0 fully saturated rings. The molecule has 0 N–H and O–H groups in total. The van der Waals surface area contributed by atoms with Gasteiger partial charge < -0.3 is 0 Å². The molecule has 0 unspecified atom stereocenters. The van der Waals surface area contributed by atoms with Crippen LogP contribution in [0.2, 0.25) is 0 Å². The standard InChI is InChI=1S/C13H18O/c1-5-7-11(3)9-13(14)10-12(4)8-6-2/h5-6,9-10H,1-2,7-8H2,3-4H3. The van der Waals surface area contributed by atoms with Crippen molar-refractivity contribution >= 4 is 5.78 Å². The number of carbonyl (C=O) groups excluding carboxylic acids is 1. The quantitative estimate of drug-likeness (QED) is 0.462. The van der Waals surface area contributed by atoms with Gasteiger partial charge in [-0.3, -0.25) is 4.79 Å². The highest BCUT2D eigenvalue weighted by Crippen LogP contribution is 2.04. The van der Waals surface area contributed by atoms with Crippen LogP contribution in [0.4, 0.5) is 0 Å². The summed E-state index contributed by atoms with van der Waals surface area (Å²) in [6.45, 7) is 11.1. The molecule has 0 saturated carbocycles. The van der Waals surface area contributed by atoms with Crippen molar-refractivity contribution in [3.8, 4) is 0 Å². The van der Waals surface area contributed by atoms with Crippen molar-refractivity contribution in [2.45, 2.75) is 26.7 Å². The van der Waals surface area contributed by atoms with Crippen LogP contribution in [0.25, 0.3) is 0 Å². The zero-order valence-corrected chi connectivity index (χ0v) is 9.05. The molecule has 76 valence electrons. The van der Waals surface area contributed by atoms with Crippen LogP contribution in [0.5, 0.6) is 0 Å². The topological polar surface area (TPSA) is 17.1 Å². The van der Waals surface area contributed by atoms with Crippen molar-refractivity contribution in [1.29, 1.82) is 0 Å². The molecule has 0 heterocycles. The molecule has 0 aliphatic rings. The van der Waals surface area contributed by atoms with Crippen LogP contribution in [0.3, 0.4) is 0 Å². The fourth-order valence-electron chi connectivity index (χ4n) is 1.10. The number of carbonyl (C=O) groups is 1. The van der Waals surface area contributed by atoms with Gasteiger partial charge in [-0.2, -0.15) is 0 Å². The van der Waals surface area contributed by atoms with E-state index in [4.69, 9.17) is 0 Å². The monoisotopic (exact) mass is 190 g/mol. The smallest absolute Gasteiger partial charge is 0.178 e. The normalized spacial score (nSPS) is 12.4. The molecule has 0 radical (unpaired) electrons. The van der Waals surface area contributed by atoms with Crippen LogP contribution in [0.1, 0.15) is 26.7 Å². The Balaban J connectivity index is 4.34. The number of hydrogen-bond acceptors (Lipinski definition) is 1. The summed E-state index contributed by atoms with van der Waals surface area (Å²) < 4.78 is 0. The van der Waals surface area contributed by atoms with Crippen LogP contribution < -0.4 is 0 Å². The first kappa shape index (κ1) is 12.6. The van der Waals surface area contributed by atoms with E-state index in [1.807, 2.05) is 13.8 Å². The Morgan fingerprint density at radius 2 is 1.36 bits per heavy atom. The number of ketones is 1. The Labute approximate surface area is 86.5 Å². The van der Waals surface area contributed by atoms with Crippen molar-refractivity contribution in [3.63, 3.8) is 0 Å². The second kappa shape index (κ2) is 7.07. The van der Waals surface area contributed by atoms with Gasteiger partial charge in [-0.25, -0.2) is 0 Å². The first-order valence-electron chi connectivity index (χ1n) is 4.70. The molecule has 0 saturated heterocycles. The Hall–Kier alpha value is -1.37. The van der Waals surface area contributed by atoms with Gasteiger partial charge in [-0.05, 0) is 38.8 Å². The van der Waals surface area contributed by atoms with Crippen molar-refractivity contribution in [2.75, 3.05) is 0 Å². The first-order chi connectivity index (χ1) is 6.60. The zero-order valence-electron chi connectivity index (χ0n) is 9.05. The Morgan fingerprint density at radius 3 is 1.64 bits per heavy atom. The molecule has 0 amide bonds. The summed E-state index contributed by atoms with van der Waals surface area (Å²) in [5.41, 5.74) is 2.07. The Bertz CT molecular complexity index is 252. The van der Waals surface area contributed by atoms with Crippen LogP contribution in [-0.2, 0) is 4.79 Å². The molecule has 0 aromatic heterocycles. The highest BCUT2D eigenvalue weighted by Gasteiger charge is 1.94. The minimum Gasteiger partial charge on any atom is -0.290 e. The largest absolute Gasteiger partial charge is 0.290 e. The lowest BCUT2D eigenvalue weighted by Crippen LogP contribution is -1.90. The molecule has 0 aromatic carbocycles. The van der Waals surface area contributed by atoms with Gasteiger partial charge >= 0.3 is 0 Å². The van der Waals surface area contributed by atoms with Gasteiger partial charge in [0.25, 0.3) is 0 Å². The summed E-state index contributed by atoms with van der Waals surface area (Å²) in [7, 11) is 0. The maximum absolute atomic E-state index is 11.4. The van der Waals surface area contributed by atoms with E-state index in [1.165, 1.54) is 0 Å². The van der Waals surface area contributed by atoms with Crippen LogP contribution in [-0.4, -0.2) is 5.78 Å². The van der Waals surface area contributed by atoms with E-state index in [0.29, 0.717) is 0 Å². The molecule has 0 bridgehead atoms. The molecule has 1 nitrogen and oxygen atoms in total. The Kier molecular flexibility index (Phi) is 6.38. The van der Waals surface area contributed by atoms with E-state index < -0.39 is 0 Å². The van der Waals surface area contributed by atoms with Gasteiger partial charge in [0.05, 0.1) is 0 Å². The maximum atomic E-state index is 11.4. The lowest BCUT2D eigenvalue weighted by atomic mass is 10.1. The second-order valence-corrected chi connectivity index (χ2v) is 3.37. The summed E-state index contributed by atoms with van der Waals surface area (Å²) >= 11 is 0. The minimum atomic E-state index is 0.0451. The van der Waals surface area contributed by atoms with Gasteiger partial charge in [-0.15, -0.1) is 13.2 Å². The van der Waals surface area contributed by atoms with Gasteiger partial charge in [0.1, 0.15) is 0 Å². The lowest BCUT2D eigenvalue weighted by molar-refractivity contribution is -0.110. The predicted octanol–water partition coefficient (Wildman–Crippen LogP) is 3.60. The summed E-state index contributed by atoms with van der Waals surface area (Å²) in [5, 5.41) is 0. The molecule has 0 rings (SSSR count). The third-order valence-electron chi connectivity index (χ3n) is 1.71. The summed E-state index contributed by atoms with van der Waals surface area (Å²) in [4.78, 5) is 11.4. The number of allylic oxidation sites excluding steroid dienone is 6. The van der Waals surface area contributed by atoms with E-state index in [0.717, 1.165) is 24.0 Å². The van der Waals surface area contributed by atoms with E-state index in [1.54, 1.807) is 24.3 Å². The third-order valence-corrected chi connectivity index (χ3v) is 1.71. The van der Waals surface area contributed by atoms with Gasteiger partial charge in [0, 0.05) is 0 Å². The van der Waals surface area contributed by atoms with Gasteiger partial charge in [-0.1, -0.05) is 23.3 Å². The molecular weight excluding hydrogens is 172 g/mol. The lowest BCUT2D eigenvalue weighted by Gasteiger charge is -1.95. The second-order valence-electron chi connectivity index (χ2n) is 3.37. The summed E-state index contributed by atoms with van der Waals surface area (Å²) in [6.07, 6.45) is 8.40. The maximum Gasteiger partial charge on any atom is 0.178 e. The van der Waals surface area contributed by atoms with Crippen LogP contribution >= 0.6 is 0 Å². The average Bonchev–Trinajstić information content (AvgIpc) is 2.03. The van der Waals surface area contributed by atoms with Gasteiger partial charge in [0.15, 0.2) is 5.78 Å². The van der Waals surface area contributed by atoms with Crippen molar-refractivity contribution in [3.05, 3.63) is 48.6 Å². The van der Waals surface area contributed by atoms with Crippen molar-refractivity contribution in [2.24, 2.45) is 0 Å². The predicted molar refractivity (Wildman–Crippen MR) is 62.1 cm³/mol. The van der Waals surface area contributed by atoms with Crippen LogP contribution in [0, 0.1) is 0 Å². The molecule has 14 heavy (non-hydrogen) atoms. The molecule has 0 aliphatic heterocycles. The molecule has 0 aromatic rings.